The molecule has 0 radical (unpaired) electrons. The van der Waals surface area contributed by atoms with Crippen LogP contribution in [-0.2, 0) is 9.73 Å². The van der Waals surface area contributed by atoms with Crippen molar-refractivity contribution in [3.8, 4) is 5.75 Å². The second-order valence-electron chi connectivity index (χ2n) is 6.79. The van der Waals surface area contributed by atoms with Crippen molar-refractivity contribution in [3.05, 3.63) is 24.3 Å². The van der Waals surface area contributed by atoms with Crippen LogP contribution in [0.5, 0.6) is 5.75 Å². The highest BCUT2D eigenvalue weighted by atomic mass is 32.2. The van der Waals surface area contributed by atoms with Crippen LogP contribution in [0.2, 0.25) is 0 Å². The minimum Gasteiger partial charge on any atom is -0.492 e. The number of benzene rings is 1. The van der Waals surface area contributed by atoms with Crippen molar-refractivity contribution in [1.82, 2.24) is 4.90 Å². The van der Waals surface area contributed by atoms with Gasteiger partial charge in [-0.25, -0.2) is 4.21 Å². The van der Waals surface area contributed by atoms with Crippen LogP contribution in [0.3, 0.4) is 0 Å². The first-order valence-corrected chi connectivity index (χ1v) is 10.1. The normalized spacial score (nSPS) is 26.1. The molecule has 5 heteroatoms. The molecule has 2 aliphatic heterocycles. The zero-order valence-corrected chi connectivity index (χ0v) is 14.3. The average Bonchev–Trinajstić information content (AvgIpc) is 3.06. The van der Waals surface area contributed by atoms with Crippen LogP contribution in [0.25, 0.3) is 0 Å². The lowest BCUT2D eigenvalue weighted by Crippen LogP contribution is -2.14. The lowest BCUT2D eigenvalue weighted by Gasteiger charge is -2.08. The van der Waals surface area contributed by atoms with Crippen LogP contribution in [0.4, 0.5) is 5.69 Å². The Hall–Kier alpha value is -1.07. The third kappa shape index (κ3) is 4.23. The lowest BCUT2D eigenvalue weighted by atomic mass is 10.2. The van der Waals surface area contributed by atoms with E-state index in [1.165, 1.54) is 0 Å². The van der Waals surface area contributed by atoms with E-state index in [9.17, 15) is 4.21 Å². The second-order valence-corrected chi connectivity index (χ2v) is 9.33. The highest BCUT2D eigenvalue weighted by Crippen LogP contribution is 2.25. The summed E-state index contributed by atoms with van der Waals surface area (Å²) in [4.78, 5) is 2.44. The van der Waals surface area contributed by atoms with Crippen LogP contribution < -0.4 is 4.74 Å². The Kier molecular flexibility index (Phi) is 4.73. The van der Waals surface area contributed by atoms with E-state index in [0.29, 0.717) is 12.0 Å². The number of hydrogen-bond acceptors (Lipinski definition) is 4. The van der Waals surface area contributed by atoms with Crippen molar-refractivity contribution >= 4 is 15.4 Å². The predicted octanol–water partition coefficient (Wildman–Crippen LogP) is 3.30. The SMILES string of the molecule is CC(C)CN1CC1COc1ccc(N=S2(=O)CCCC2)cc1. The number of ether oxygens (including phenoxy) is 1. The van der Waals surface area contributed by atoms with Crippen molar-refractivity contribution < 1.29 is 8.95 Å². The molecule has 0 aromatic heterocycles. The maximum atomic E-state index is 12.4. The van der Waals surface area contributed by atoms with Gasteiger partial charge < -0.3 is 4.74 Å². The van der Waals surface area contributed by atoms with Gasteiger partial charge in [0.05, 0.1) is 21.5 Å². The Bertz CT molecular complexity index is 606. The summed E-state index contributed by atoms with van der Waals surface area (Å²) < 4.78 is 22.7. The molecule has 4 nitrogen and oxygen atoms in total. The Morgan fingerprint density at radius 1 is 1.27 bits per heavy atom. The molecule has 0 aliphatic carbocycles. The summed E-state index contributed by atoms with van der Waals surface area (Å²) in [5.41, 5.74) is 0.812. The van der Waals surface area contributed by atoms with E-state index in [0.717, 1.165) is 55.5 Å². The molecular formula is C17H26N2O2S. The summed E-state index contributed by atoms with van der Waals surface area (Å²) in [5.74, 6) is 3.08. The van der Waals surface area contributed by atoms with Crippen molar-refractivity contribution in [2.75, 3.05) is 31.2 Å². The molecule has 1 aromatic carbocycles. The third-order valence-electron chi connectivity index (χ3n) is 4.16. The summed E-state index contributed by atoms with van der Waals surface area (Å²) in [6, 6.07) is 8.27. The second kappa shape index (κ2) is 6.59. The lowest BCUT2D eigenvalue weighted by molar-refractivity contribution is 0.287. The molecule has 2 aliphatic rings. The third-order valence-corrected chi connectivity index (χ3v) is 6.55. The maximum absolute atomic E-state index is 12.4. The molecule has 122 valence electrons. The number of rotatable bonds is 6. The maximum Gasteiger partial charge on any atom is 0.119 e. The van der Waals surface area contributed by atoms with Crippen LogP contribution in [0.15, 0.2) is 28.6 Å². The van der Waals surface area contributed by atoms with Gasteiger partial charge in [0, 0.05) is 24.6 Å². The summed E-state index contributed by atoms with van der Waals surface area (Å²) in [5, 5.41) is 0. The molecule has 0 bridgehead atoms. The van der Waals surface area contributed by atoms with Gasteiger partial charge in [-0.2, -0.15) is 4.36 Å². The summed E-state index contributed by atoms with van der Waals surface area (Å²) in [6.07, 6.45) is 2.08. The standard InChI is InChI=1S/C17H26N2O2S/c1-14(2)11-19-12-16(19)13-21-17-7-5-15(6-8-17)18-22(20)9-3-4-10-22/h5-8,14,16H,3-4,9-13H2,1-2H3. The van der Waals surface area contributed by atoms with E-state index in [-0.39, 0.29) is 0 Å². The van der Waals surface area contributed by atoms with Gasteiger partial charge in [-0.3, -0.25) is 4.90 Å². The molecule has 0 spiro atoms. The summed E-state index contributed by atoms with van der Waals surface area (Å²) in [6.45, 7) is 7.54. The van der Waals surface area contributed by atoms with E-state index in [1.54, 1.807) is 0 Å². The topological polar surface area (TPSA) is 41.7 Å². The Labute approximate surface area is 134 Å². The monoisotopic (exact) mass is 322 g/mol. The molecule has 2 fully saturated rings. The Morgan fingerprint density at radius 3 is 2.59 bits per heavy atom. The first-order valence-electron chi connectivity index (χ1n) is 8.23. The van der Waals surface area contributed by atoms with Crippen LogP contribution in [0.1, 0.15) is 26.7 Å². The van der Waals surface area contributed by atoms with Gasteiger partial charge in [-0.05, 0) is 43.0 Å². The van der Waals surface area contributed by atoms with E-state index >= 15 is 0 Å². The van der Waals surface area contributed by atoms with E-state index in [4.69, 9.17) is 4.74 Å². The zero-order valence-electron chi connectivity index (χ0n) is 13.5. The van der Waals surface area contributed by atoms with Gasteiger partial charge in [-0.15, -0.1) is 0 Å². The van der Waals surface area contributed by atoms with Gasteiger partial charge in [0.1, 0.15) is 12.4 Å². The Morgan fingerprint density at radius 2 is 1.95 bits per heavy atom. The first kappa shape index (κ1) is 15.8. The van der Waals surface area contributed by atoms with Crippen molar-refractivity contribution in [3.63, 3.8) is 0 Å². The van der Waals surface area contributed by atoms with Gasteiger partial charge in [-0.1, -0.05) is 13.8 Å². The number of hydrogen-bond donors (Lipinski definition) is 0. The first-order chi connectivity index (χ1) is 10.5. The van der Waals surface area contributed by atoms with Gasteiger partial charge in [0.25, 0.3) is 0 Å². The fourth-order valence-electron chi connectivity index (χ4n) is 2.91. The zero-order chi connectivity index (χ0) is 15.6. The quantitative estimate of drug-likeness (QED) is 0.755. The molecule has 0 saturated carbocycles. The molecule has 2 heterocycles. The van der Waals surface area contributed by atoms with E-state index in [2.05, 4.69) is 23.1 Å². The smallest absolute Gasteiger partial charge is 0.119 e. The molecule has 2 saturated heterocycles. The van der Waals surface area contributed by atoms with Gasteiger partial charge in [0.15, 0.2) is 0 Å². The van der Waals surface area contributed by atoms with Crippen LogP contribution in [0, 0.1) is 5.92 Å². The van der Waals surface area contributed by atoms with Crippen LogP contribution in [-0.4, -0.2) is 46.4 Å². The molecule has 2 unspecified atom stereocenters. The highest BCUT2D eigenvalue weighted by Gasteiger charge is 2.34. The van der Waals surface area contributed by atoms with E-state index < -0.39 is 9.73 Å². The number of nitrogens with zero attached hydrogens (tertiary/aromatic N) is 2. The van der Waals surface area contributed by atoms with Gasteiger partial charge in [0.2, 0.25) is 0 Å². The molecule has 1 aromatic rings. The summed E-state index contributed by atoms with van der Waals surface area (Å²) >= 11 is 0. The van der Waals surface area contributed by atoms with Crippen LogP contribution >= 0.6 is 0 Å². The molecule has 22 heavy (non-hydrogen) atoms. The molecule has 0 amide bonds. The van der Waals surface area contributed by atoms with Crippen molar-refractivity contribution in [2.24, 2.45) is 10.3 Å². The minimum absolute atomic E-state index is 0.569. The van der Waals surface area contributed by atoms with Crippen molar-refractivity contribution in [2.45, 2.75) is 32.7 Å². The van der Waals surface area contributed by atoms with Crippen molar-refractivity contribution in [1.29, 1.82) is 0 Å². The Balaban J connectivity index is 1.51. The minimum atomic E-state index is -1.98. The fourth-order valence-corrected chi connectivity index (χ4v) is 5.11. The largest absolute Gasteiger partial charge is 0.492 e. The highest BCUT2D eigenvalue weighted by molar-refractivity contribution is 7.93. The molecular weight excluding hydrogens is 296 g/mol. The molecule has 2 atom stereocenters. The summed E-state index contributed by atoms with van der Waals surface area (Å²) in [7, 11) is -1.98. The molecule has 0 N–H and O–H groups in total. The average molecular weight is 322 g/mol. The molecule has 3 rings (SSSR count). The fraction of sp³-hybridized carbons (Fsp3) is 0.647. The predicted molar refractivity (Wildman–Crippen MR) is 91.3 cm³/mol. The van der Waals surface area contributed by atoms with E-state index in [1.807, 2.05) is 24.3 Å². The van der Waals surface area contributed by atoms with Gasteiger partial charge >= 0.3 is 0 Å².